The average molecular weight is 757 g/mol. The molecule has 5 bridgehead atoms. The molecule has 2 N–H and O–H groups in total. The van der Waals surface area contributed by atoms with Crippen LogP contribution in [0.5, 0.6) is 0 Å². The summed E-state index contributed by atoms with van der Waals surface area (Å²) in [5.74, 6) is -4.26. The summed E-state index contributed by atoms with van der Waals surface area (Å²) in [6, 6.07) is 13.2. The highest BCUT2D eigenvalue weighted by molar-refractivity contribution is 9.11. The number of nitrogens with one attached hydrogen (secondary N) is 1. The Labute approximate surface area is 298 Å². The Morgan fingerprint density at radius 1 is 1.06 bits per heavy atom. The van der Waals surface area contributed by atoms with Crippen molar-refractivity contribution in [1.29, 1.82) is 0 Å². The Morgan fingerprint density at radius 2 is 1.80 bits per heavy atom. The summed E-state index contributed by atoms with van der Waals surface area (Å²) in [4.78, 5) is 60.2. The predicted octanol–water partition coefficient (Wildman–Crippen LogP) is 4.08. The maximum atomic E-state index is 15.0. The minimum Gasteiger partial charge on any atom is -0.455 e. The molecule has 0 aromatic heterocycles. The van der Waals surface area contributed by atoms with Crippen molar-refractivity contribution >= 4 is 56.9 Å². The van der Waals surface area contributed by atoms with Crippen LogP contribution in [0.2, 0.25) is 5.02 Å². The van der Waals surface area contributed by atoms with E-state index in [0.29, 0.717) is 33.6 Å². The van der Waals surface area contributed by atoms with Crippen molar-refractivity contribution < 1.29 is 38.5 Å². The van der Waals surface area contributed by atoms with E-state index in [1.165, 1.54) is 16.9 Å². The van der Waals surface area contributed by atoms with Crippen molar-refractivity contribution in [3.63, 3.8) is 0 Å². The highest BCUT2D eigenvalue weighted by atomic mass is 79.9. The molecule has 8 atom stereocenters. The number of hydrogen-bond donors (Lipinski definition) is 2. The molecule has 2 aromatic carbocycles. The molecular formula is C36H39BrClN3O8. The van der Waals surface area contributed by atoms with Crippen molar-refractivity contribution in [1.82, 2.24) is 10.2 Å². The van der Waals surface area contributed by atoms with Crippen LogP contribution in [0.1, 0.15) is 37.9 Å². The molecule has 2 saturated heterocycles. The van der Waals surface area contributed by atoms with Gasteiger partial charge < -0.3 is 34.4 Å². The van der Waals surface area contributed by atoms with Crippen LogP contribution in [0.3, 0.4) is 0 Å². The number of carbonyl (C=O) groups is 4. The fourth-order valence-electron chi connectivity index (χ4n) is 7.54. The highest BCUT2D eigenvalue weighted by Crippen LogP contribution is 2.59. The maximum absolute atomic E-state index is 15.0. The molecule has 4 heterocycles. The van der Waals surface area contributed by atoms with Gasteiger partial charge in [-0.3, -0.25) is 19.2 Å². The first-order valence-corrected chi connectivity index (χ1v) is 17.6. The second-order valence-electron chi connectivity index (χ2n) is 12.6. The number of halogens is 2. The number of rotatable bonds is 7. The van der Waals surface area contributed by atoms with Gasteiger partial charge in [-0.2, -0.15) is 0 Å². The van der Waals surface area contributed by atoms with E-state index in [1.54, 1.807) is 66.8 Å². The van der Waals surface area contributed by atoms with Gasteiger partial charge in [0.2, 0.25) is 11.8 Å². The minimum atomic E-state index is -1.55. The number of carbonyl (C=O) groups excluding carboxylic acids is 4. The molecule has 13 heteroatoms. The number of anilines is 1. The largest absolute Gasteiger partial charge is 0.455 e. The van der Waals surface area contributed by atoms with Crippen molar-refractivity contribution in [2.75, 3.05) is 31.8 Å². The topological polar surface area (TPSA) is 135 Å². The number of hydrogen-bond acceptors (Lipinski definition) is 8. The molecule has 2 aromatic rings. The molecule has 4 aliphatic rings. The molecule has 0 radical (unpaired) electrons. The zero-order valence-corrected chi connectivity index (χ0v) is 29.5. The van der Waals surface area contributed by atoms with Gasteiger partial charge in [0, 0.05) is 24.6 Å². The summed E-state index contributed by atoms with van der Waals surface area (Å²) >= 11 is 10.2. The van der Waals surface area contributed by atoms with Crippen LogP contribution in [0.15, 0.2) is 77.3 Å². The van der Waals surface area contributed by atoms with Crippen LogP contribution in [-0.4, -0.2) is 90.4 Å². The number of ether oxygens (including phenoxy) is 3. The van der Waals surface area contributed by atoms with E-state index in [9.17, 15) is 24.3 Å². The standard InChI is InChI=1S/C36H39BrClN3O8/c1-3-22(19-42)41-32-34(45)40(26-15-10-9-14-24(26)38)17-11-5-8-16-27(43)39-25(20-47-2)30(21-12-6-4-7-13-21)48-35(46)28-29(33(41)44)36(32)18-23(37)31(28)49-36/h4-7,9-15,18,22,25,28-32,42H,3,8,16-17,19-20H2,1-2H3,(H,39,43)/b11-5-/t22-,25-,28+,29-,30-,31+,32+,36-/m0/s1. The van der Waals surface area contributed by atoms with Crippen molar-refractivity contribution in [3.8, 4) is 0 Å². The molecule has 0 saturated carbocycles. The number of cyclic esters (lactones) is 1. The number of fused-ring (bicyclic) bond motifs is 2. The number of esters is 1. The van der Waals surface area contributed by atoms with Gasteiger partial charge in [-0.15, -0.1) is 0 Å². The monoisotopic (exact) mass is 755 g/mol. The first kappa shape index (κ1) is 35.3. The third-order valence-electron chi connectivity index (χ3n) is 9.78. The Morgan fingerprint density at radius 3 is 2.49 bits per heavy atom. The summed E-state index contributed by atoms with van der Waals surface area (Å²) < 4.78 is 18.9. The third kappa shape index (κ3) is 6.33. The van der Waals surface area contributed by atoms with E-state index in [0.717, 1.165) is 0 Å². The van der Waals surface area contributed by atoms with E-state index >= 15 is 0 Å². The quantitative estimate of drug-likeness (QED) is 0.319. The number of nitrogens with zero attached hydrogens (tertiary/aromatic N) is 2. The highest BCUT2D eigenvalue weighted by Gasteiger charge is 2.75. The van der Waals surface area contributed by atoms with Crippen LogP contribution in [0.4, 0.5) is 5.69 Å². The molecule has 11 nitrogen and oxygen atoms in total. The molecule has 0 aliphatic carbocycles. The first-order chi connectivity index (χ1) is 23.7. The summed E-state index contributed by atoms with van der Waals surface area (Å²) in [5.41, 5.74) is -0.513. The van der Waals surface area contributed by atoms with Gasteiger partial charge in [0.25, 0.3) is 5.91 Å². The number of allylic oxidation sites excluding steroid dienone is 1. The second kappa shape index (κ2) is 14.7. The number of aliphatic hydroxyl groups is 1. The Bertz CT molecular complexity index is 1650. The predicted molar refractivity (Wildman–Crippen MR) is 185 cm³/mol. The van der Waals surface area contributed by atoms with Gasteiger partial charge >= 0.3 is 5.97 Å². The Balaban J connectivity index is 1.51. The van der Waals surface area contributed by atoms with Gasteiger partial charge in [-0.25, -0.2) is 0 Å². The molecule has 49 heavy (non-hydrogen) atoms. The van der Waals surface area contributed by atoms with E-state index in [-0.39, 0.29) is 25.5 Å². The molecule has 6 rings (SSSR count). The van der Waals surface area contributed by atoms with Crippen LogP contribution >= 0.6 is 27.5 Å². The summed E-state index contributed by atoms with van der Waals surface area (Å²) in [6.45, 7) is 1.53. The van der Waals surface area contributed by atoms with E-state index in [4.69, 9.17) is 25.8 Å². The summed E-state index contributed by atoms with van der Waals surface area (Å²) in [5, 5.41) is 13.8. The van der Waals surface area contributed by atoms with Crippen LogP contribution in [0.25, 0.3) is 0 Å². The number of benzene rings is 2. The molecule has 3 amide bonds. The zero-order valence-electron chi connectivity index (χ0n) is 27.2. The smallest absolute Gasteiger partial charge is 0.313 e. The van der Waals surface area contributed by atoms with Crippen LogP contribution in [-0.2, 0) is 33.4 Å². The lowest BCUT2D eigenvalue weighted by molar-refractivity contribution is -0.162. The van der Waals surface area contributed by atoms with Crippen molar-refractivity contribution in [3.05, 3.63) is 87.9 Å². The number of methoxy groups -OCH3 is 1. The fraction of sp³-hybridized carbons (Fsp3) is 0.444. The van der Waals surface area contributed by atoms with E-state index < -0.39 is 72.2 Å². The average Bonchev–Trinajstić information content (AvgIpc) is 3.69. The number of likely N-dealkylation sites (tertiary alicyclic amines) is 1. The molecule has 2 fully saturated rings. The minimum absolute atomic E-state index is 0.0424. The zero-order chi connectivity index (χ0) is 34.9. The lowest BCUT2D eigenvalue weighted by atomic mass is 9.74. The van der Waals surface area contributed by atoms with Crippen LogP contribution in [0, 0.1) is 11.8 Å². The fourth-order valence-corrected chi connectivity index (χ4v) is 8.52. The molecular weight excluding hydrogens is 718 g/mol. The van der Waals surface area contributed by atoms with Gasteiger partial charge in [0.05, 0.1) is 41.9 Å². The Kier molecular flexibility index (Phi) is 10.6. The molecule has 1 spiro atoms. The summed E-state index contributed by atoms with van der Waals surface area (Å²) in [6.07, 6.45) is 4.26. The number of para-hydroxylation sites is 1. The van der Waals surface area contributed by atoms with Gasteiger partial charge in [-0.05, 0) is 36.6 Å². The second-order valence-corrected chi connectivity index (χ2v) is 13.9. The van der Waals surface area contributed by atoms with Gasteiger partial charge in [-0.1, -0.05) is 89.1 Å². The normalized spacial score (nSPS) is 31.7. The number of aliphatic hydroxyl groups excluding tert-OH is 1. The van der Waals surface area contributed by atoms with Gasteiger partial charge in [0.1, 0.15) is 29.8 Å². The van der Waals surface area contributed by atoms with E-state index in [1.807, 2.05) is 13.0 Å². The SMILES string of the molecule is CC[C@@H](CO)N1C(=O)[C@@H]2[C@H]3C(=O)O[C@@H](c4ccccc4)[C@H](COC)NC(=O)CC/C=C\CN(c4ccccc4Cl)C(=O)[C@@H]1[C@]21C=C(Br)[C@H]3O1. The number of amides is 3. The van der Waals surface area contributed by atoms with Crippen LogP contribution < -0.4 is 10.2 Å². The van der Waals surface area contributed by atoms with Crippen molar-refractivity contribution in [2.45, 2.75) is 62.1 Å². The Hall–Kier alpha value is -3.55. The molecule has 260 valence electrons. The first-order valence-electron chi connectivity index (χ1n) is 16.4. The third-order valence-corrected chi connectivity index (χ3v) is 10.8. The lowest BCUT2D eigenvalue weighted by Crippen LogP contribution is -2.58. The van der Waals surface area contributed by atoms with E-state index in [2.05, 4.69) is 21.2 Å². The lowest BCUT2D eigenvalue weighted by Gasteiger charge is -2.38. The molecule has 0 unspecified atom stereocenters. The van der Waals surface area contributed by atoms with Crippen molar-refractivity contribution in [2.24, 2.45) is 11.8 Å². The van der Waals surface area contributed by atoms with Gasteiger partial charge in [0.15, 0.2) is 0 Å². The molecule has 4 aliphatic heterocycles. The summed E-state index contributed by atoms with van der Waals surface area (Å²) in [7, 11) is 1.50. The maximum Gasteiger partial charge on any atom is 0.313 e.